The highest BCUT2D eigenvalue weighted by molar-refractivity contribution is 7.89. The number of hydrogen-bond acceptors (Lipinski definition) is 6. The number of rotatable bonds is 5. The van der Waals surface area contributed by atoms with Gasteiger partial charge in [0.05, 0.1) is 23.8 Å². The van der Waals surface area contributed by atoms with Crippen LogP contribution in [0.4, 0.5) is 5.82 Å². The van der Waals surface area contributed by atoms with Gasteiger partial charge in [-0.2, -0.15) is 8.99 Å². The molecule has 1 fully saturated rings. The molecule has 0 aromatic carbocycles. The van der Waals surface area contributed by atoms with Crippen LogP contribution in [0.1, 0.15) is 26.7 Å². The van der Waals surface area contributed by atoms with E-state index in [1.807, 2.05) is 0 Å². The first kappa shape index (κ1) is 17.3. The lowest BCUT2D eigenvalue weighted by Gasteiger charge is -2.34. The maximum absolute atomic E-state index is 12.8. The fourth-order valence-corrected chi connectivity index (χ4v) is 4.41. The van der Waals surface area contributed by atoms with Crippen LogP contribution in [0.5, 0.6) is 0 Å². The molecule has 1 aliphatic rings. The summed E-state index contributed by atoms with van der Waals surface area (Å²) < 4.78 is 27.8. The first-order valence-corrected chi connectivity index (χ1v) is 8.59. The van der Waals surface area contributed by atoms with E-state index in [0.717, 1.165) is 10.5 Å². The van der Waals surface area contributed by atoms with Crippen molar-refractivity contribution in [3.63, 3.8) is 0 Å². The van der Waals surface area contributed by atoms with Gasteiger partial charge in [0.2, 0.25) is 4.90 Å². The Morgan fingerprint density at radius 3 is 2.70 bits per heavy atom. The van der Waals surface area contributed by atoms with Crippen LogP contribution < -0.4 is 0 Å². The average Bonchev–Trinajstić information content (AvgIpc) is 2.92. The zero-order valence-corrected chi connectivity index (χ0v) is 13.6. The highest BCUT2D eigenvalue weighted by atomic mass is 32.2. The Hall–Kier alpha value is -2.01. The minimum atomic E-state index is -4.20. The number of aromatic nitrogens is 2. The van der Waals surface area contributed by atoms with Crippen molar-refractivity contribution in [3.05, 3.63) is 16.3 Å². The van der Waals surface area contributed by atoms with Crippen LogP contribution in [0.15, 0.2) is 11.1 Å². The van der Waals surface area contributed by atoms with Crippen molar-refractivity contribution >= 4 is 21.8 Å². The van der Waals surface area contributed by atoms with E-state index in [4.69, 9.17) is 5.11 Å². The van der Waals surface area contributed by atoms with Crippen molar-refractivity contribution < 1.29 is 23.2 Å². The molecule has 2 unspecified atom stereocenters. The predicted molar refractivity (Wildman–Crippen MR) is 78.3 cm³/mol. The molecule has 0 amide bonds. The zero-order valence-electron chi connectivity index (χ0n) is 12.7. The summed E-state index contributed by atoms with van der Waals surface area (Å²) in [5, 5.41) is 23.9. The molecule has 0 aliphatic carbocycles. The zero-order chi connectivity index (χ0) is 17.4. The van der Waals surface area contributed by atoms with Crippen molar-refractivity contribution in [3.8, 4) is 0 Å². The van der Waals surface area contributed by atoms with Crippen LogP contribution in [0.25, 0.3) is 0 Å². The van der Waals surface area contributed by atoms with E-state index < -0.39 is 43.6 Å². The van der Waals surface area contributed by atoms with Gasteiger partial charge < -0.3 is 15.2 Å². The standard InChI is InChI=1S/C12H18N4O6S/c1-3-14-7-10(11(13-14)16(19)20)23(21,22)15-6-9(12(17)18)5-4-8(15)2/h7-9H,3-6H2,1-2H3,(H,17,18). The molecule has 1 aromatic rings. The number of aliphatic carboxylic acids is 1. The van der Waals surface area contributed by atoms with Gasteiger partial charge in [-0.05, 0) is 31.6 Å². The number of carboxylic acid groups (broad SMARTS) is 1. The summed E-state index contributed by atoms with van der Waals surface area (Å²) in [5.74, 6) is -2.63. The van der Waals surface area contributed by atoms with E-state index in [9.17, 15) is 23.3 Å². The molecule has 1 N–H and O–H groups in total. The number of carbonyl (C=O) groups is 1. The largest absolute Gasteiger partial charge is 0.481 e. The molecule has 1 saturated heterocycles. The molecule has 23 heavy (non-hydrogen) atoms. The lowest BCUT2D eigenvalue weighted by atomic mass is 9.96. The SMILES string of the molecule is CCn1cc(S(=O)(=O)N2CC(C(=O)O)CCC2C)c([N+](=O)[O-])n1. The molecule has 0 saturated carbocycles. The number of sulfonamides is 1. The van der Waals surface area contributed by atoms with E-state index in [-0.39, 0.29) is 13.1 Å². The van der Waals surface area contributed by atoms with Crippen LogP contribution in [-0.2, 0) is 21.4 Å². The minimum Gasteiger partial charge on any atom is -0.481 e. The number of carboxylic acids is 1. The van der Waals surface area contributed by atoms with E-state index in [1.165, 1.54) is 4.68 Å². The Morgan fingerprint density at radius 2 is 2.17 bits per heavy atom. The van der Waals surface area contributed by atoms with Gasteiger partial charge in [0, 0.05) is 12.6 Å². The number of nitro groups is 1. The van der Waals surface area contributed by atoms with Gasteiger partial charge in [-0.1, -0.05) is 0 Å². The third kappa shape index (κ3) is 3.20. The second-order valence-corrected chi connectivity index (χ2v) is 7.32. The summed E-state index contributed by atoms with van der Waals surface area (Å²) >= 11 is 0. The van der Waals surface area contributed by atoms with Crippen molar-refractivity contribution in [1.82, 2.24) is 14.1 Å². The molecular weight excluding hydrogens is 328 g/mol. The molecule has 0 spiro atoms. The number of nitrogens with zero attached hydrogens (tertiary/aromatic N) is 4. The van der Waals surface area contributed by atoms with Gasteiger partial charge in [-0.3, -0.25) is 4.79 Å². The first-order valence-electron chi connectivity index (χ1n) is 7.15. The van der Waals surface area contributed by atoms with Gasteiger partial charge in [-0.25, -0.2) is 8.42 Å². The third-order valence-corrected chi connectivity index (χ3v) is 5.94. The average molecular weight is 346 g/mol. The van der Waals surface area contributed by atoms with E-state index in [1.54, 1.807) is 13.8 Å². The first-order chi connectivity index (χ1) is 10.7. The Morgan fingerprint density at radius 1 is 1.52 bits per heavy atom. The lowest BCUT2D eigenvalue weighted by Crippen LogP contribution is -2.47. The van der Waals surface area contributed by atoms with Crippen LogP contribution in [0.3, 0.4) is 0 Å². The monoisotopic (exact) mass is 346 g/mol. The normalized spacial score (nSPS) is 22.9. The predicted octanol–water partition coefficient (Wildman–Crippen LogP) is 0.685. The van der Waals surface area contributed by atoms with Crippen LogP contribution >= 0.6 is 0 Å². The quantitative estimate of drug-likeness (QED) is 0.611. The fourth-order valence-electron chi connectivity index (χ4n) is 2.60. The van der Waals surface area contributed by atoms with Crippen molar-refractivity contribution in [2.45, 2.75) is 44.2 Å². The van der Waals surface area contributed by atoms with Gasteiger partial charge >= 0.3 is 11.8 Å². The molecule has 11 heteroatoms. The molecule has 0 bridgehead atoms. The Balaban J connectivity index is 2.46. The number of aryl methyl sites for hydroxylation is 1. The van der Waals surface area contributed by atoms with Gasteiger partial charge in [-0.15, -0.1) is 0 Å². The summed E-state index contributed by atoms with van der Waals surface area (Å²) in [6.07, 6.45) is 1.87. The molecule has 1 aliphatic heterocycles. The highest BCUT2D eigenvalue weighted by Gasteiger charge is 2.42. The number of piperidine rings is 1. The van der Waals surface area contributed by atoms with Crippen LogP contribution in [0, 0.1) is 16.0 Å². The summed E-state index contributed by atoms with van der Waals surface area (Å²) in [4.78, 5) is 20.9. The smallest absolute Gasteiger partial charge is 0.410 e. The molecule has 128 valence electrons. The third-order valence-electron chi connectivity index (χ3n) is 3.97. The van der Waals surface area contributed by atoms with Crippen LogP contribution in [-0.4, -0.2) is 51.1 Å². The van der Waals surface area contributed by atoms with Crippen molar-refractivity contribution in [1.29, 1.82) is 0 Å². The molecule has 2 atom stereocenters. The molecular formula is C12H18N4O6S. The Labute approximate surface area is 132 Å². The summed E-state index contributed by atoms with van der Waals surface area (Å²) in [7, 11) is -4.20. The second kappa shape index (κ2) is 6.24. The topological polar surface area (TPSA) is 136 Å². The maximum atomic E-state index is 12.8. The van der Waals surface area contributed by atoms with Gasteiger partial charge in [0.15, 0.2) is 0 Å². The molecule has 2 rings (SSSR count). The second-order valence-electron chi connectivity index (χ2n) is 5.47. The van der Waals surface area contributed by atoms with Crippen molar-refractivity contribution in [2.75, 3.05) is 6.54 Å². The van der Waals surface area contributed by atoms with E-state index >= 15 is 0 Å². The van der Waals surface area contributed by atoms with E-state index in [0.29, 0.717) is 12.8 Å². The van der Waals surface area contributed by atoms with Gasteiger partial charge in [0.1, 0.15) is 0 Å². The molecule has 0 radical (unpaired) electrons. The highest BCUT2D eigenvalue weighted by Crippen LogP contribution is 2.31. The Kier molecular flexibility index (Phi) is 4.71. The minimum absolute atomic E-state index is 0.201. The summed E-state index contributed by atoms with van der Waals surface area (Å²) in [6.45, 7) is 3.42. The fraction of sp³-hybridized carbons (Fsp3) is 0.667. The summed E-state index contributed by atoms with van der Waals surface area (Å²) in [6, 6.07) is -0.430. The van der Waals surface area contributed by atoms with Crippen LogP contribution in [0.2, 0.25) is 0 Å². The van der Waals surface area contributed by atoms with E-state index in [2.05, 4.69) is 5.10 Å². The molecule has 10 nitrogen and oxygen atoms in total. The lowest BCUT2D eigenvalue weighted by molar-refractivity contribution is -0.392. The van der Waals surface area contributed by atoms with Crippen molar-refractivity contribution in [2.24, 2.45) is 5.92 Å². The number of hydrogen-bond donors (Lipinski definition) is 1. The summed E-state index contributed by atoms with van der Waals surface area (Å²) in [5.41, 5.74) is 0. The maximum Gasteiger partial charge on any atom is 0.410 e. The van der Waals surface area contributed by atoms with Gasteiger partial charge in [0.25, 0.3) is 10.0 Å². The molecule has 2 heterocycles. The molecule has 1 aromatic heterocycles. The Bertz CT molecular complexity index is 728.